The number of rotatable bonds is 5. The number of esters is 1. The number of aromatic nitrogens is 4. The molecule has 148 valence electrons. The Kier molecular flexibility index (Phi) is 5.18. The van der Waals surface area contributed by atoms with Crippen LogP contribution in [0, 0.1) is 0 Å². The van der Waals surface area contributed by atoms with Crippen molar-refractivity contribution >= 4 is 23.5 Å². The zero-order chi connectivity index (χ0) is 20.4. The molecule has 0 saturated carbocycles. The smallest absolute Gasteiger partial charge is 0.338 e. The van der Waals surface area contributed by atoms with Crippen molar-refractivity contribution < 1.29 is 14.3 Å². The summed E-state index contributed by atoms with van der Waals surface area (Å²) in [6, 6.07) is 14.4. The molecule has 0 bridgehead atoms. The van der Waals surface area contributed by atoms with Gasteiger partial charge in [-0.15, -0.1) is 0 Å². The quantitative estimate of drug-likeness (QED) is 0.643. The number of hydrogen-bond donors (Lipinski definition) is 1. The number of anilines is 1. The fraction of sp³-hybridized carbons (Fsp3) is 0.200. The summed E-state index contributed by atoms with van der Waals surface area (Å²) in [6.45, 7) is 2.13. The first kappa shape index (κ1) is 18.9. The maximum atomic E-state index is 12.6. The molecule has 0 amide bonds. The Morgan fingerprint density at radius 3 is 2.79 bits per heavy atom. The molecule has 0 spiro atoms. The highest BCUT2D eigenvalue weighted by atomic mass is 35.5. The Morgan fingerprint density at radius 1 is 1.24 bits per heavy atom. The third kappa shape index (κ3) is 3.66. The summed E-state index contributed by atoms with van der Waals surface area (Å²) in [4.78, 5) is 12.6. The first-order valence-corrected chi connectivity index (χ1v) is 9.26. The minimum atomic E-state index is -0.654. The zero-order valence-electron chi connectivity index (χ0n) is 15.8. The summed E-state index contributed by atoms with van der Waals surface area (Å²) in [5.74, 6) is 0.491. The number of hydrogen-bond acceptors (Lipinski definition) is 7. The van der Waals surface area contributed by atoms with Crippen molar-refractivity contribution in [1.82, 2.24) is 20.2 Å². The van der Waals surface area contributed by atoms with Gasteiger partial charge in [-0.2, -0.15) is 4.68 Å². The van der Waals surface area contributed by atoms with E-state index >= 15 is 0 Å². The van der Waals surface area contributed by atoms with E-state index < -0.39 is 12.0 Å². The molecule has 9 heteroatoms. The van der Waals surface area contributed by atoms with Gasteiger partial charge in [0, 0.05) is 16.3 Å². The SMILES string of the molecule is COC(=O)C1=C(C)Nc2nnnn2C1c1cc(Cl)ccc1OCc1ccccc1. The molecule has 4 rings (SSSR count). The van der Waals surface area contributed by atoms with E-state index in [4.69, 9.17) is 21.1 Å². The monoisotopic (exact) mass is 411 g/mol. The van der Waals surface area contributed by atoms with Gasteiger partial charge in [0.05, 0.1) is 12.7 Å². The van der Waals surface area contributed by atoms with Gasteiger partial charge in [-0.1, -0.05) is 47.0 Å². The van der Waals surface area contributed by atoms with Gasteiger partial charge in [0.15, 0.2) is 0 Å². The molecule has 1 aromatic heterocycles. The van der Waals surface area contributed by atoms with E-state index in [2.05, 4.69) is 20.8 Å². The number of fused-ring (bicyclic) bond motifs is 1. The Labute approximate surface area is 172 Å². The van der Waals surface area contributed by atoms with Crippen LogP contribution in [0.1, 0.15) is 24.1 Å². The molecule has 2 aromatic carbocycles. The number of allylic oxidation sites excluding steroid dienone is 1. The number of nitrogens with one attached hydrogen (secondary N) is 1. The van der Waals surface area contributed by atoms with Crippen molar-refractivity contribution in [2.75, 3.05) is 12.4 Å². The molecule has 0 fully saturated rings. The molecule has 29 heavy (non-hydrogen) atoms. The molecule has 3 aromatic rings. The average Bonchev–Trinajstić information content (AvgIpc) is 3.20. The number of nitrogens with zero attached hydrogens (tertiary/aromatic N) is 4. The predicted molar refractivity (Wildman–Crippen MR) is 107 cm³/mol. The Hall–Kier alpha value is -3.39. The van der Waals surface area contributed by atoms with Gasteiger partial charge in [0.2, 0.25) is 5.95 Å². The third-order valence-electron chi connectivity index (χ3n) is 4.62. The highest BCUT2D eigenvalue weighted by Gasteiger charge is 2.36. The van der Waals surface area contributed by atoms with E-state index in [1.807, 2.05) is 30.3 Å². The lowest BCUT2D eigenvalue weighted by Gasteiger charge is -2.28. The van der Waals surface area contributed by atoms with Crippen LogP contribution < -0.4 is 10.1 Å². The summed E-state index contributed by atoms with van der Waals surface area (Å²) in [5.41, 5.74) is 2.64. The van der Waals surface area contributed by atoms with Crippen LogP contribution in [0.2, 0.25) is 5.02 Å². The number of tetrazole rings is 1. The molecule has 8 nitrogen and oxygen atoms in total. The standard InChI is InChI=1S/C20H18ClN5O3/c1-12-17(19(27)28-2)18(26-20(22-12)23-24-25-26)15-10-14(21)8-9-16(15)29-11-13-6-4-3-5-7-13/h3-10,18H,11H2,1-2H3,(H,22,23,25). The highest BCUT2D eigenvalue weighted by molar-refractivity contribution is 6.30. The maximum Gasteiger partial charge on any atom is 0.338 e. The van der Waals surface area contributed by atoms with Crippen molar-refractivity contribution in [3.05, 3.63) is 76.0 Å². The molecule has 0 aliphatic carbocycles. The molecule has 1 N–H and O–H groups in total. The Bertz CT molecular complexity index is 1080. The first-order valence-electron chi connectivity index (χ1n) is 8.88. The maximum absolute atomic E-state index is 12.6. The van der Waals surface area contributed by atoms with Crippen LogP contribution >= 0.6 is 11.6 Å². The Balaban J connectivity index is 1.80. The Morgan fingerprint density at radius 2 is 2.03 bits per heavy atom. The van der Waals surface area contributed by atoms with Crippen molar-refractivity contribution in [2.45, 2.75) is 19.6 Å². The van der Waals surface area contributed by atoms with Crippen LogP contribution in [0.15, 0.2) is 59.8 Å². The van der Waals surface area contributed by atoms with Crippen LogP contribution in [-0.2, 0) is 16.1 Å². The molecule has 1 unspecified atom stereocenters. The number of carbonyl (C=O) groups is 1. The van der Waals surface area contributed by atoms with Crippen molar-refractivity contribution in [3.8, 4) is 5.75 Å². The van der Waals surface area contributed by atoms with E-state index in [1.165, 1.54) is 11.8 Å². The van der Waals surface area contributed by atoms with E-state index in [0.717, 1.165) is 5.56 Å². The van der Waals surface area contributed by atoms with Crippen LogP contribution in [-0.4, -0.2) is 33.3 Å². The first-order chi connectivity index (χ1) is 14.1. The lowest BCUT2D eigenvalue weighted by atomic mass is 9.95. The predicted octanol–water partition coefficient (Wildman–Crippen LogP) is 3.37. The van der Waals surface area contributed by atoms with Gasteiger partial charge >= 0.3 is 5.97 Å². The van der Waals surface area contributed by atoms with Gasteiger partial charge in [0.25, 0.3) is 0 Å². The van der Waals surface area contributed by atoms with E-state index in [0.29, 0.717) is 40.2 Å². The lowest BCUT2D eigenvalue weighted by Crippen LogP contribution is -2.29. The molecule has 1 atom stereocenters. The van der Waals surface area contributed by atoms with Crippen LogP contribution in [0.4, 0.5) is 5.95 Å². The minimum Gasteiger partial charge on any atom is -0.489 e. The number of ether oxygens (including phenoxy) is 2. The summed E-state index contributed by atoms with van der Waals surface area (Å²) >= 11 is 6.29. The fourth-order valence-corrected chi connectivity index (χ4v) is 3.45. The average molecular weight is 412 g/mol. The van der Waals surface area contributed by atoms with Gasteiger partial charge in [-0.05, 0) is 41.1 Å². The zero-order valence-corrected chi connectivity index (χ0v) is 16.6. The second kappa shape index (κ2) is 7.92. The third-order valence-corrected chi connectivity index (χ3v) is 4.86. The number of benzene rings is 2. The normalized spacial score (nSPS) is 15.5. The van der Waals surface area contributed by atoms with Crippen molar-refractivity contribution in [1.29, 1.82) is 0 Å². The van der Waals surface area contributed by atoms with E-state index in [9.17, 15) is 4.79 Å². The minimum absolute atomic E-state index is 0.360. The van der Waals surface area contributed by atoms with Crippen molar-refractivity contribution in [3.63, 3.8) is 0 Å². The van der Waals surface area contributed by atoms with Crippen LogP contribution in [0.5, 0.6) is 5.75 Å². The lowest BCUT2D eigenvalue weighted by molar-refractivity contribution is -0.136. The molecular weight excluding hydrogens is 394 g/mol. The molecule has 1 aliphatic heterocycles. The van der Waals surface area contributed by atoms with Gasteiger partial charge < -0.3 is 14.8 Å². The molecule has 0 radical (unpaired) electrons. The molecular formula is C20H18ClN5O3. The molecule has 2 heterocycles. The van der Waals surface area contributed by atoms with Gasteiger partial charge in [-0.3, -0.25) is 0 Å². The summed E-state index contributed by atoms with van der Waals surface area (Å²) in [6.07, 6.45) is 0. The summed E-state index contributed by atoms with van der Waals surface area (Å²) < 4.78 is 12.6. The molecule has 1 aliphatic rings. The van der Waals surface area contributed by atoms with E-state index in [-0.39, 0.29) is 0 Å². The summed E-state index contributed by atoms with van der Waals surface area (Å²) in [5, 5.41) is 15.3. The summed E-state index contributed by atoms with van der Waals surface area (Å²) in [7, 11) is 1.33. The van der Waals surface area contributed by atoms with E-state index in [1.54, 1.807) is 25.1 Å². The number of carbonyl (C=O) groups excluding carboxylic acids is 1. The second-order valence-corrected chi connectivity index (χ2v) is 6.90. The highest BCUT2D eigenvalue weighted by Crippen LogP contribution is 2.40. The number of methoxy groups -OCH3 is 1. The van der Waals surface area contributed by atoms with Crippen LogP contribution in [0.3, 0.4) is 0 Å². The largest absolute Gasteiger partial charge is 0.489 e. The topological polar surface area (TPSA) is 91.2 Å². The van der Waals surface area contributed by atoms with Crippen molar-refractivity contribution in [2.24, 2.45) is 0 Å². The van der Waals surface area contributed by atoms with Gasteiger partial charge in [0.1, 0.15) is 18.4 Å². The molecule has 0 saturated heterocycles. The van der Waals surface area contributed by atoms with Crippen LogP contribution in [0.25, 0.3) is 0 Å². The second-order valence-electron chi connectivity index (χ2n) is 6.46. The number of halogens is 1. The fourth-order valence-electron chi connectivity index (χ4n) is 3.27. The van der Waals surface area contributed by atoms with Gasteiger partial charge in [-0.25, -0.2) is 4.79 Å².